The van der Waals surface area contributed by atoms with Crippen LogP contribution in [0.1, 0.15) is 48.9 Å². The van der Waals surface area contributed by atoms with Gasteiger partial charge in [-0.1, -0.05) is 69.0 Å². The van der Waals surface area contributed by atoms with Crippen molar-refractivity contribution in [2.45, 2.75) is 40.5 Å². The van der Waals surface area contributed by atoms with Crippen molar-refractivity contribution >= 4 is 5.57 Å². The lowest BCUT2D eigenvalue weighted by atomic mass is 9.97. The quantitative estimate of drug-likeness (QED) is 0.402. The zero-order chi connectivity index (χ0) is 22.5. The Hall–Kier alpha value is -3.33. The molecular weight excluding hydrogens is 370 g/mol. The molecule has 1 aromatic heterocycles. The summed E-state index contributed by atoms with van der Waals surface area (Å²) in [5, 5.41) is 0. The molecule has 0 unspecified atom stereocenters. The summed E-state index contributed by atoms with van der Waals surface area (Å²) >= 11 is 0. The largest absolute Gasteiger partial charge is 0.286 e. The number of pyridine rings is 1. The predicted molar refractivity (Wildman–Crippen MR) is 129 cm³/mol. The van der Waals surface area contributed by atoms with Gasteiger partial charge in [-0.05, 0) is 67.2 Å². The first-order valence-electron chi connectivity index (χ1n) is 9.99. The number of hydrogen-bond donors (Lipinski definition) is 0. The molecule has 0 aliphatic rings. The maximum atomic E-state index is 10.1. The molecule has 0 aliphatic heterocycles. The van der Waals surface area contributed by atoms with Crippen molar-refractivity contribution in [1.29, 1.82) is 0 Å². The standard InChI is InChI=1S/C16H20.C6H7N.C5H4O2/c1-5-7-9-14(6-2)16-11-8-10-15(12-16)13(3)4;1-6-2-4-7-5-3-6;1-3-2-4(6)5(3)7/h5-13H,2H2,1,3-4H3;2-5H,1H3;2H,1H3/b7-5-,14-9+;;. The molecule has 0 amide bonds. The molecule has 0 bridgehead atoms. The summed E-state index contributed by atoms with van der Waals surface area (Å²) in [6.45, 7) is 14.0. The fourth-order valence-electron chi connectivity index (χ4n) is 2.43. The Labute approximate surface area is 179 Å². The van der Waals surface area contributed by atoms with E-state index in [1.165, 1.54) is 28.3 Å². The Kier molecular flexibility index (Phi) is 10.7. The minimum Gasteiger partial charge on any atom is -0.286 e. The van der Waals surface area contributed by atoms with Gasteiger partial charge in [-0.15, -0.1) is 0 Å². The zero-order valence-electron chi connectivity index (χ0n) is 18.6. The topological polar surface area (TPSA) is 47.0 Å². The highest BCUT2D eigenvalue weighted by Gasteiger charge is 2.02. The minimum atomic E-state index is -0.363. The fraction of sp³-hybridized carbons (Fsp3) is 0.222. The van der Waals surface area contributed by atoms with Crippen LogP contribution in [0.25, 0.3) is 5.57 Å². The van der Waals surface area contributed by atoms with Crippen LogP contribution in [-0.2, 0) is 0 Å². The van der Waals surface area contributed by atoms with Gasteiger partial charge in [0.15, 0.2) is 0 Å². The SMILES string of the molecule is C=C/C(=C\C=C/C)c1cccc(C(C)C)c1.Cc1cc(=O)c1=O.Cc1ccncc1. The molecule has 0 radical (unpaired) electrons. The average Bonchev–Trinajstić information content (AvgIpc) is 2.76. The monoisotopic (exact) mass is 401 g/mol. The number of nitrogens with zero attached hydrogens (tertiary/aromatic N) is 1. The molecule has 0 N–H and O–H groups in total. The molecule has 0 saturated heterocycles. The Morgan fingerprint density at radius 3 is 2.07 bits per heavy atom. The maximum Gasteiger partial charge on any atom is 0.228 e. The van der Waals surface area contributed by atoms with Crippen molar-refractivity contribution in [3.8, 4) is 0 Å². The normalized spacial score (nSPS) is 10.9. The van der Waals surface area contributed by atoms with Crippen LogP contribution < -0.4 is 10.9 Å². The average molecular weight is 402 g/mol. The van der Waals surface area contributed by atoms with Gasteiger partial charge in [0.25, 0.3) is 0 Å². The van der Waals surface area contributed by atoms with E-state index in [0.717, 1.165) is 0 Å². The van der Waals surface area contributed by atoms with Crippen molar-refractivity contribution in [2.75, 3.05) is 0 Å². The van der Waals surface area contributed by atoms with E-state index in [4.69, 9.17) is 0 Å². The van der Waals surface area contributed by atoms with Gasteiger partial charge in [-0.25, -0.2) is 0 Å². The lowest BCUT2D eigenvalue weighted by molar-refractivity contribution is 0.866. The molecule has 0 fully saturated rings. The van der Waals surface area contributed by atoms with E-state index in [9.17, 15) is 9.59 Å². The van der Waals surface area contributed by atoms with E-state index in [0.29, 0.717) is 11.5 Å². The first-order valence-corrected chi connectivity index (χ1v) is 9.99. The van der Waals surface area contributed by atoms with E-state index in [1.807, 2.05) is 44.2 Å². The molecule has 0 saturated carbocycles. The second kappa shape index (κ2) is 13.0. The summed E-state index contributed by atoms with van der Waals surface area (Å²) in [4.78, 5) is 24.0. The van der Waals surface area contributed by atoms with Gasteiger partial charge in [0.1, 0.15) is 0 Å². The van der Waals surface area contributed by atoms with Crippen LogP contribution in [0.4, 0.5) is 0 Å². The molecule has 2 aromatic carbocycles. The van der Waals surface area contributed by atoms with Crippen molar-refractivity contribution in [3.63, 3.8) is 0 Å². The van der Waals surface area contributed by atoms with Gasteiger partial charge in [0.2, 0.25) is 10.9 Å². The molecule has 0 atom stereocenters. The second-order valence-corrected chi connectivity index (χ2v) is 7.18. The molecule has 0 aliphatic carbocycles. The Morgan fingerprint density at radius 2 is 1.70 bits per heavy atom. The van der Waals surface area contributed by atoms with E-state index in [1.54, 1.807) is 19.3 Å². The van der Waals surface area contributed by atoms with Gasteiger partial charge in [0, 0.05) is 18.0 Å². The molecule has 3 rings (SSSR count). The van der Waals surface area contributed by atoms with Crippen molar-refractivity contribution in [1.82, 2.24) is 4.98 Å². The van der Waals surface area contributed by atoms with Gasteiger partial charge in [-0.2, -0.15) is 0 Å². The Balaban J connectivity index is 0.000000263. The van der Waals surface area contributed by atoms with Crippen LogP contribution in [0.5, 0.6) is 0 Å². The van der Waals surface area contributed by atoms with E-state index in [-0.39, 0.29) is 10.9 Å². The summed E-state index contributed by atoms with van der Waals surface area (Å²) in [7, 11) is 0. The first kappa shape index (κ1) is 24.7. The zero-order valence-corrected chi connectivity index (χ0v) is 18.6. The van der Waals surface area contributed by atoms with Crippen LogP contribution in [0.2, 0.25) is 0 Å². The third-order valence-electron chi connectivity index (χ3n) is 4.35. The van der Waals surface area contributed by atoms with Crippen LogP contribution in [0, 0.1) is 13.8 Å². The van der Waals surface area contributed by atoms with Crippen molar-refractivity contribution < 1.29 is 0 Å². The smallest absolute Gasteiger partial charge is 0.228 e. The highest BCUT2D eigenvalue weighted by molar-refractivity contribution is 5.75. The van der Waals surface area contributed by atoms with Crippen molar-refractivity contribution in [3.05, 3.63) is 128 Å². The van der Waals surface area contributed by atoms with Crippen molar-refractivity contribution in [2.24, 2.45) is 0 Å². The number of benzene rings is 1. The number of aromatic nitrogens is 1. The van der Waals surface area contributed by atoms with Crippen LogP contribution >= 0.6 is 0 Å². The number of rotatable bonds is 4. The number of allylic oxidation sites excluding steroid dienone is 5. The summed E-state index contributed by atoms with van der Waals surface area (Å²) in [5.74, 6) is 0.563. The summed E-state index contributed by atoms with van der Waals surface area (Å²) in [6, 6.07) is 13.9. The maximum absolute atomic E-state index is 10.1. The van der Waals surface area contributed by atoms with Gasteiger partial charge >= 0.3 is 0 Å². The summed E-state index contributed by atoms with van der Waals surface area (Å²) < 4.78 is 0. The fourth-order valence-corrected chi connectivity index (χ4v) is 2.43. The molecule has 3 heteroatoms. The molecule has 156 valence electrons. The molecule has 0 spiro atoms. The highest BCUT2D eigenvalue weighted by Crippen LogP contribution is 2.21. The lowest BCUT2D eigenvalue weighted by Crippen LogP contribution is -2.31. The third-order valence-corrected chi connectivity index (χ3v) is 4.35. The first-order chi connectivity index (χ1) is 14.3. The summed E-state index contributed by atoms with van der Waals surface area (Å²) in [5.41, 5.74) is 4.91. The van der Waals surface area contributed by atoms with E-state index >= 15 is 0 Å². The summed E-state index contributed by atoms with van der Waals surface area (Å²) in [6.07, 6.45) is 11.6. The second-order valence-electron chi connectivity index (χ2n) is 7.18. The highest BCUT2D eigenvalue weighted by atomic mass is 16.2. The molecule has 3 nitrogen and oxygen atoms in total. The van der Waals surface area contributed by atoms with Crippen LogP contribution in [0.15, 0.2) is 95.3 Å². The van der Waals surface area contributed by atoms with E-state index < -0.39 is 0 Å². The minimum absolute atomic E-state index is 0.333. The predicted octanol–water partition coefficient (Wildman–Crippen LogP) is 5.94. The van der Waals surface area contributed by atoms with Gasteiger partial charge in [0.05, 0.1) is 0 Å². The number of aryl methyl sites for hydroxylation is 2. The Bertz CT molecular complexity index is 1050. The Morgan fingerprint density at radius 1 is 1.03 bits per heavy atom. The molecular formula is C27H31NO2. The van der Waals surface area contributed by atoms with Crippen LogP contribution in [0.3, 0.4) is 0 Å². The van der Waals surface area contributed by atoms with Crippen LogP contribution in [-0.4, -0.2) is 4.98 Å². The number of hydrogen-bond acceptors (Lipinski definition) is 3. The van der Waals surface area contributed by atoms with Gasteiger partial charge < -0.3 is 0 Å². The molecule has 30 heavy (non-hydrogen) atoms. The third kappa shape index (κ3) is 8.36. The lowest BCUT2D eigenvalue weighted by Gasteiger charge is -2.08. The van der Waals surface area contributed by atoms with Gasteiger partial charge in [-0.3, -0.25) is 14.6 Å². The molecule has 3 aromatic rings. The van der Waals surface area contributed by atoms with E-state index in [2.05, 4.69) is 55.8 Å². The molecule has 1 heterocycles.